The van der Waals surface area contributed by atoms with E-state index in [-0.39, 0.29) is 17.5 Å². The van der Waals surface area contributed by atoms with Crippen molar-refractivity contribution in [3.05, 3.63) is 23.3 Å². The molecule has 152 valence electrons. The van der Waals surface area contributed by atoms with Gasteiger partial charge in [0.2, 0.25) is 0 Å². The Bertz CT molecular complexity index is 907. The Morgan fingerprint density at radius 2 is 2.00 bits per heavy atom. The predicted molar refractivity (Wildman–Crippen MR) is 90.5 cm³/mol. The average molecular weight is 399 g/mol. The highest BCUT2D eigenvalue weighted by atomic mass is 19.4. The molecule has 2 aromatic heterocycles. The molecule has 2 heterocycles. The fourth-order valence-corrected chi connectivity index (χ4v) is 3.01. The van der Waals surface area contributed by atoms with Crippen molar-refractivity contribution in [2.24, 2.45) is 5.92 Å². The van der Waals surface area contributed by atoms with Crippen molar-refractivity contribution < 1.29 is 27.5 Å². The van der Waals surface area contributed by atoms with E-state index < -0.39 is 37.2 Å². The van der Waals surface area contributed by atoms with E-state index in [4.69, 9.17) is 4.74 Å². The Morgan fingerprint density at radius 3 is 2.61 bits per heavy atom. The van der Waals surface area contributed by atoms with Crippen LogP contribution in [0, 0.1) is 19.8 Å². The maximum atomic E-state index is 12.8. The number of rotatable bonds is 6. The van der Waals surface area contributed by atoms with Crippen LogP contribution < -0.4 is 0 Å². The zero-order valence-corrected chi connectivity index (χ0v) is 15.7. The lowest BCUT2D eigenvalue weighted by atomic mass is 10.2. The second-order valence-electron chi connectivity index (χ2n) is 6.98. The first kappa shape index (κ1) is 20.0. The number of esters is 1. The Labute approximate surface area is 158 Å². The minimum atomic E-state index is -4.53. The molecule has 0 aliphatic heterocycles. The Morgan fingerprint density at radius 1 is 1.32 bits per heavy atom. The molecule has 11 heteroatoms. The molecule has 0 spiro atoms. The van der Waals surface area contributed by atoms with Crippen molar-refractivity contribution in [3.8, 4) is 0 Å². The van der Waals surface area contributed by atoms with Gasteiger partial charge >= 0.3 is 12.1 Å². The zero-order valence-electron chi connectivity index (χ0n) is 15.7. The van der Waals surface area contributed by atoms with Crippen LogP contribution in [0.3, 0.4) is 0 Å². The lowest BCUT2D eigenvalue weighted by molar-refractivity contribution is -0.167. The molecule has 1 aliphatic rings. The number of fused-ring (bicyclic) bond motifs is 1. The molecule has 0 bridgehead atoms. The summed E-state index contributed by atoms with van der Waals surface area (Å²) in [6, 6.07) is 1.17. The summed E-state index contributed by atoms with van der Waals surface area (Å²) in [4.78, 5) is 33.3. The Balaban J connectivity index is 1.68. The number of alkyl halides is 3. The second kappa shape index (κ2) is 7.36. The summed E-state index contributed by atoms with van der Waals surface area (Å²) in [5.41, 5.74) is 1.38. The fourth-order valence-electron chi connectivity index (χ4n) is 3.01. The second-order valence-corrected chi connectivity index (χ2v) is 6.98. The average Bonchev–Trinajstić information content (AvgIpc) is 3.35. The Hall–Kier alpha value is -2.72. The minimum Gasteiger partial charge on any atom is -0.450 e. The number of amides is 1. The topological polar surface area (TPSA) is 89.7 Å². The third-order valence-corrected chi connectivity index (χ3v) is 4.59. The molecule has 0 N–H and O–H groups in total. The maximum Gasteiger partial charge on any atom is 0.406 e. The third kappa shape index (κ3) is 4.57. The van der Waals surface area contributed by atoms with Crippen LogP contribution in [0.15, 0.2) is 6.07 Å². The molecule has 1 fully saturated rings. The molecule has 1 saturated carbocycles. The SMILES string of the molecule is Cc1cc(C)n2nc(C(=O)OCC(=O)N(CC(F)(F)F)[C@H](C)C3CC3)nc2n1. The summed E-state index contributed by atoms with van der Waals surface area (Å²) in [6.45, 7) is 2.89. The van der Waals surface area contributed by atoms with Gasteiger partial charge in [-0.05, 0) is 45.6 Å². The van der Waals surface area contributed by atoms with Gasteiger partial charge in [-0.2, -0.15) is 18.2 Å². The normalized spacial score (nSPS) is 15.5. The highest BCUT2D eigenvalue weighted by Crippen LogP contribution is 2.36. The van der Waals surface area contributed by atoms with Gasteiger partial charge in [-0.1, -0.05) is 0 Å². The first-order valence-corrected chi connectivity index (χ1v) is 8.79. The summed E-state index contributed by atoms with van der Waals surface area (Å²) in [7, 11) is 0. The van der Waals surface area contributed by atoms with Crippen molar-refractivity contribution in [1.82, 2.24) is 24.5 Å². The van der Waals surface area contributed by atoms with Crippen LogP contribution in [0.5, 0.6) is 0 Å². The zero-order chi connectivity index (χ0) is 20.6. The van der Waals surface area contributed by atoms with E-state index in [1.165, 1.54) is 4.52 Å². The van der Waals surface area contributed by atoms with Crippen LogP contribution in [-0.2, 0) is 9.53 Å². The van der Waals surface area contributed by atoms with Gasteiger partial charge in [-0.25, -0.2) is 14.3 Å². The van der Waals surface area contributed by atoms with Gasteiger partial charge in [0.1, 0.15) is 6.54 Å². The first-order chi connectivity index (χ1) is 13.0. The lowest BCUT2D eigenvalue weighted by Crippen LogP contribution is -2.47. The van der Waals surface area contributed by atoms with Gasteiger partial charge < -0.3 is 9.64 Å². The first-order valence-electron chi connectivity index (χ1n) is 8.79. The number of aromatic nitrogens is 4. The molecule has 28 heavy (non-hydrogen) atoms. The van der Waals surface area contributed by atoms with E-state index in [0.717, 1.165) is 17.7 Å². The van der Waals surface area contributed by atoms with Crippen molar-refractivity contribution in [3.63, 3.8) is 0 Å². The summed E-state index contributed by atoms with van der Waals surface area (Å²) in [6.07, 6.45) is -2.98. The number of carbonyl (C=O) groups excluding carboxylic acids is 2. The number of hydrogen-bond donors (Lipinski definition) is 0. The van der Waals surface area contributed by atoms with Crippen molar-refractivity contribution in [1.29, 1.82) is 0 Å². The van der Waals surface area contributed by atoms with Crippen molar-refractivity contribution >= 4 is 17.7 Å². The van der Waals surface area contributed by atoms with E-state index in [0.29, 0.717) is 11.4 Å². The van der Waals surface area contributed by atoms with Crippen LogP contribution in [-0.4, -0.2) is 61.7 Å². The molecule has 0 saturated heterocycles. The predicted octanol–water partition coefficient (Wildman–Crippen LogP) is 2.09. The molecular formula is C17H20F3N5O3. The number of ether oxygens (including phenoxy) is 1. The molecular weight excluding hydrogens is 379 g/mol. The lowest BCUT2D eigenvalue weighted by Gasteiger charge is -2.30. The van der Waals surface area contributed by atoms with Crippen molar-refractivity contribution in [2.45, 2.75) is 45.8 Å². The number of nitrogens with zero attached hydrogens (tertiary/aromatic N) is 5. The highest BCUT2D eigenvalue weighted by Gasteiger charge is 2.40. The van der Waals surface area contributed by atoms with E-state index in [9.17, 15) is 22.8 Å². The van der Waals surface area contributed by atoms with Crippen LogP contribution in [0.1, 0.15) is 41.8 Å². The molecule has 1 atom stereocenters. The quantitative estimate of drug-likeness (QED) is 0.691. The van der Waals surface area contributed by atoms with Crippen LogP contribution in [0.25, 0.3) is 5.78 Å². The largest absolute Gasteiger partial charge is 0.450 e. The van der Waals surface area contributed by atoms with E-state index in [1.807, 2.05) is 0 Å². The summed E-state index contributed by atoms with van der Waals surface area (Å²) < 4.78 is 44.7. The molecule has 1 amide bonds. The number of aryl methyl sites for hydroxylation is 2. The summed E-state index contributed by atoms with van der Waals surface area (Å²) in [5, 5.41) is 3.97. The smallest absolute Gasteiger partial charge is 0.406 e. The summed E-state index contributed by atoms with van der Waals surface area (Å²) >= 11 is 0. The number of halogens is 3. The minimum absolute atomic E-state index is 0.0411. The van der Waals surface area contributed by atoms with Crippen molar-refractivity contribution in [2.75, 3.05) is 13.2 Å². The van der Waals surface area contributed by atoms with Gasteiger partial charge in [-0.15, -0.1) is 5.10 Å². The maximum absolute atomic E-state index is 12.8. The van der Waals surface area contributed by atoms with Crippen LogP contribution in [0.4, 0.5) is 13.2 Å². The monoisotopic (exact) mass is 399 g/mol. The summed E-state index contributed by atoms with van der Waals surface area (Å²) in [5.74, 6) is -1.98. The van der Waals surface area contributed by atoms with Gasteiger partial charge in [0, 0.05) is 17.4 Å². The van der Waals surface area contributed by atoms with E-state index in [2.05, 4.69) is 15.1 Å². The van der Waals surface area contributed by atoms with E-state index >= 15 is 0 Å². The van der Waals surface area contributed by atoms with E-state index in [1.54, 1.807) is 26.8 Å². The molecule has 1 aliphatic carbocycles. The molecule has 8 nitrogen and oxygen atoms in total. The Kier molecular flexibility index (Phi) is 5.26. The van der Waals surface area contributed by atoms with Crippen LogP contribution in [0.2, 0.25) is 0 Å². The number of hydrogen-bond acceptors (Lipinski definition) is 6. The molecule has 0 unspecified atom stereocenters. The molecule has 0 radical (unpaired) electrons. The van der Waals surface area contributed by atoms with Gasteiger partial charge in [0.15, 0.2) is 6.61 Å². The molecule has 0 aromatic carbocycles. The van der Waals surface area contributed by atoms with Gasteiger partial charge in [0.05, 0.1) is 0 Å². The standard InChI is InChI=1S/C17H20F3N5O3/c1-9-6-10(2)25-16(21-9)22-14(23-25)15(27)28-7-13(26)24(8-17(18,19)20)11(3)12-4-5-12/h6,11-12H,4-5,7-8H2,1-3H3/t11-/m1/s1. The molecule has 3 rings (SSSR count). The van der Waals surface area contributed by atoms with Crippen LogP contribution >= 0.6 is 0 Å². The van der Waals surface area contributed by atoms with Gasteiger partial charge in [-0.3, -0.25) is 4.79 Å². The molecule has 2 aromatic rings. The third-order valence-electron chi connectivity index (χ3n) is 4.59. The van der Waals surface area contributed by atoms with Gasteiger partial charge in [0.25, 0.3) is 17.5 Å². The fraction of sp³-hybridized carbons (Fsp3) is 0.588. The number of carbonyl (C=O) groups is 2. The highest BCUT2D eigenvalue weighted by molar-refractivity contribution is 5.88.